The van der Waals surface area contributed by atoms with Crippen LogP contribution in [0.15, 0.2) is 24.3 Å². The zero-order chi connectivity index (χ0) is 24.2. The second-order valence-corrected chi connectivity index (χ2v) is 12.0. The monoisotopic (exact) mass is 482 g/mol. The van der Waals surface area contributed by atoms with Crippen molar-refractivity contribution in [2.24, 2.45) is 11.8 Å². The number of fused-ring (bicyclic) bond motifs is 2. The molecule has 1 aromatic carbocycles. The number of hydrogen-bond acceptors (Lipinski definition) is 4. The molecule has 2 aliphatic carbocycles. The van der Waals surface area contributed by atoms with Gasteiger partial charge in [-0.25, -0.2) is 0 Å². The third kappa shape index (κ3) is 6.05. The molecule has 5 heteroatoms. The minimum atomic E-state index is -0.813. The average Bonchev–Trinajstić information content (AvgIpc) is 3.13. The zero-order valence-corrected chi connectivity index (χ0v) is 21.5. The van der Waals surface area contributed by atoms with Gasteiger partial charge in [-0.3, -0.25) is 9.69 Å². The molecule has 194 valence electrons. The van der Waals surface area contributed by atoms with Crippen LogP contribution in [0.3, 0.4) is 0 Å². The molecule has 0 spiro atoms. The SMILES string of the molecule is O=C([C@H](O)C1CCCCC1)N(CCN1[C@@H]2CC[C@H]1CC(c1cccc(O)c1)C2)CC1CCCCC1. The van der Waals surface area contributed by atoms with Crippen molar-refractivity contribution in [2.75, 3.05) is 19.6 Å². The number of nitrogens with zero attached hydrogens (tertiary/aromatic N) is 2. The Hall–Kier alpha value is -1.59. The molecule has 1 aromatic rings. The van der Waals surface area contributed by atoms with E-state index in [9.17, 15) is 15.0 Å². The van der Waals surface area contributed by atoms with Crippen LogP contribution in [0.2, 0.25) is 0 Å². The lowest BCUT2D eigenvalue weighted by Gasteiger charge is -2.41. The quantitative estimate of drug-likeness (QED) is 0.517. The molecule has 1 amide bonds. The van der Waals surface area contributed by atoms with Gasteiger partial charge >= 0.3 is 0 Å². The fourth-order valence-electron chi connectivity index (χ4n) is 7.74. The summed E-state index contributed by atoms with van der Waals surface area (Å²) in [4.78, 5) is 18.3. The summed E-state index contributed by atoms with van der Waals surface area (Å²) in [7, 11) is 0. The number of piperidine rings is 1. The van der Waals surface area contributed by atoms with Crippen molar-refractivity contribution in [1.82, 2.24) is 9.80 Å². The van der Waals surface area contributed by atoms with Crippen LogP contribution in [-0.4, -0.2) is 63.7 Å². The standard InChI is InChI=1S/C30H46N2O3/c33-28-13-7-12-24(20-28)25-18-26-14-15-27(19-25)32(26)17-16-31(21-22-8-3-1-4-9-22)30(35)29(34)23-10-5-2-6-11-23/h7,12-13,20,22-23,25-27,29,33-34H,1-6,8-11,14-19,21H2/t25?,26-,27+,29-/m1/s1. The zero-order valence-electron chi connectivity index (χ0n) is 21.5. The predicted molar refractivity (Wildman–Crippen MR) is 139 cm³/mol. The number of aliphatic hydroxyl groups excluding tert-OH is 1. The number of phenols is 1. The summed E-state index contributed by atoms with van der Waals surface area (Å²) in [6.07, 6.45) is 15.8. The van der Waals surface area contributed by atoms with Crippen LogP contribution in [0.4, 0.5) is 0 Å². The van der Waals surface area contributed by atoms with Crippen LogP contribution in [0.1, 0.15) is 101 Å². The smallest absolute Gasteiger partial charge is 0.251 e. The van der Waals surface area contributed by atoms with E-state index in [1.54, 1.807) is 6.07 Å². The minimum absolute atomic E-state index is 0.00414. The Balaban J connectivity index is 1.22. The number of hydrogen-bond donors (Lipinski definition) is 2. The Morgan fingerprint density at radius 1 is 0.943 bits per heavy atom. The summed E-state index contributed by atoms with van der Waals surface area (Å²) < 4.78 is 0. The fourth-order valence-corrected chi connectivity index (χ4v) is 7.74. The maximum atomic E-state index is 13.6. The van der Waals surface area contributed by atoms with E-state index >= 15 is 0 Å². The summed E-state index contributed by atoms with van der Waals surface area (Å²) in [6, 6.07) is 8.96. The van der Waals surface area contributed by atoms with Crippen molar-refractivity contribution in [3.05, 3.63) is 29.8 Å². The number of rotatable bonds is 8. The summed E-state index contributed by atoms with van der Waals surface area (Å²) in [5.74, 6) is 1.64. The predicted octanol–water partition coefficient (Wildman–Crippen LogP) is 5.45. The number of phenolic OH excluding ortho intramolecular Hbond substituents is 1. The number of benzene rings is 1. The molecule has 2 saturated heterocycles. The van der Waals surface area contributed by atoms with E-state index < -0.39 is 6.10 Å². The largest absolute Gasteiger partial charge is 0.508 e. The van der Waals surface area contributed by atoms with Crippen molar-refractivity contribution in [2.45, 2.75) is 114 Å². The van der Waals surface area contributed by atoms with E-state index in [0.29, 0.717) is 29.7 Å². The first kappa shape index (κ1) is 25.1. The highest BCUT2D eigenvalue weighted by atomic mass is 16.3. The molecule has 2 N–H and O–H groups in total. The van der Waals surface area contributed by atoms with Gasteiger partial charge in [0.05, 0.1) is 0 Å². The van der Waals surface area contributed by atoms with E-state index in [-0.39, 0.29) is 11.8 Å². The summed E-state index contributed by atoms with van der Waals surface area (Å²) in [5.41, 5.74) is 1.27. The van der Waals surface area contributed by atoms with Crippen molar-refractivity contribution in [1.29, 1.82) is 0 Å². The first-order valence-electron chi connectivity index (χ1n) is 14.6. The fraction of sp³-hybridized carbons (Fsp3) is 0.767. The third-order valence-electron chi connectivity index (χ3n) is 9.72. The topological polar surface area (TPSA) is 64.0 Å². The summed E-state index contributed by atoms with van der Waals surface area (Å²) in [5, 5.41) is 21.0. The Bertz CT molecular complexity index is 819. The molecule has 2 aliphatic heterocycles. The molecule has 0 aromatic heterocycles. The number of aromatic hydroxyl groups is 1. The van der Waals surface area contributed by atoms with Gasteiger partial charge in [0.2, 0.25) is 0 Å². The molecule has 2 bridgehead atoms. The molecule has 4 atom stereocenters. The number of amides is 1. The number of aliphatic hydroxyl groups is 1. The molecule has 4 fully saturated rings. The molecule has 2 heterocycles. The first-order chi connectivity index (χ1) is 17.1. The Kier molecular flexibility index (Phi) is 8.34. The molecular weight excluding hydrogens is 436 g/mol. The first-order valence-corrected chi connectivity index (χ1v) is 14.6. The Labute approximate surface area is 211 Å². The second-order valence-electron chi connectivity index (χ2n) is 12.0. The van der Waals surface area contributed by atoms with E-state index in [1.807, 2.05) is 12.1 Å². The van der Waals surface area contributed by atoms with Gasteiger partial charge in [-0.05, 0) is 86.8 Å². The highest BCUT2D eigenvalue weighted by Crippen LogP contribution is 2.43. The molecular formula is C30H46N2O3. The van der Waals surface area contributed by atoms with Gasteiger partial charge in [0.15, 0.2) is 0 Å². The molecule has 5 rings (SSSR count). The van der Waals surface area contributed by atoms with Gasteiger partial charge < -0.3 is 15.1 Å². The van der Waals surface area contributed by atoms with Crippen molar-refractivity contribution in [3.8, 4) is 5.75 Å². The van der Waals surface area contributed by atoms with Gasteiger partial charge in [-0.1, -0.05) is 50.7 Å². The normalized spacial score (nSPS) is 29.2. The molecule has 5 nitrogen and oxygen atoms in total. The van der Waals surface area contributed by atoms with Gasteiger partial charge in [0.1, 0.15) is 11.9 Å². The minimum Gasteiger partial charge on any atom is -0.508 e. The third-order valence-corrected chi connectivity index (χ3v) is 9.72. The average molecular weight is 483 g/mol. The van der Waals surface area contributed by atoms with Crippen molar-refractivity contribution in [3.63, 3.8) is 0 Å². The van der Waals surface area contributed by atoms with Crippen molar-refractivity contribution < 1.29 is 15.0 Å². The van der Waals surface area contributed by atoms with Crippen LogP contribution >= 0.6 is 0 Å². The highest BCUT2D eigenvalue weighted by molar-refractivity contribution is 5.81. The van der Waals surface area contributed by atoms with Gasteiger partial charge in [-0.15, -0.1) is 0 Å². The summed E-state index contributed by atoms with van der Waals surface area (Å²) in [6.45, 7) is 2.51. The Morgan fingerprint density at radius 3 is 2.26 bits per heavy atom. The lowest BCUT2D eigenvalue weighted by atomic mass is 9.84. The number of carbonyl (C=O) groups is 1. The van der Waals surface area contributed by atoms with E-state index in [4.69, 9.17) is 0 Å². The lowest BCUT2D eigenvalue weighted by molar-refractivity contribution is -0.145. The lowest BCUT2D eigenvalue weighted by Crippen LogP contribution is -2.50. The van der Waals surface area contributed by atoms with Crippen molar-refractivity contribution >= 4 is 5.91 Å². The second kappa shape index (κ2) is 11.6. The molecule has 2 saturated carbocycles. The molecule has 1 unspecified atom stereocenters. The summed E-state index contributed by atoms with van der Waals surface area (Å²) >= 11 is 0. The van der Waals surface area contributed by atoms with Crippen LogP contribution in [0, 0.1) is 11.8 Å². The molecule has 0 radical (unpaired) electrons. The van der Waals surface area contributed by atoms with E-state index in [2.05, 4.69) is 15.9 Å². The van der Waals surface area contributed by atoms with Crippen LogP contribution in [-0.2, 0) is 4.79 Å². The van der Waals surface area contributed by atoms with Gasteiger partial charge in [0.25, 0.3) is 5.91 Å². The molecule has 35 heavy (non-hydrogen) atoms. The van der Waals surface area contributed by atoms with Crippen LogP contribution in [0.25, 0.3) is 0 Å². The maximum absolute atomic E-state index is 13.6. The van der Waals surface area contributed by atoms with E-state index in [0.717, 1.165) is 58.2 Å². The van der Waals surface area contributed by atoms with Gasteiger partial charge in [-0.2, -0.15) is 0 Å². The maximum Gasteiger partial charge on any atom is 0.251 e. The Morgan fingerprint density at radius 2 is 1.60 bits per heavy atom. The molecule has 4 aliphatic rings. The number of carbonyl (C=O) groups excluding carboxylic acids is 1. The van der Waals surface area contributed by atoms with Gasteiger partial charge in [0, 0.05) is 31.7 Å². The van der Waals surface area contributed by atoms with E-state index in [1.165, 1.54) is 56.9 Å². The highest BCUT2D eigenvalue weighted by Gasteiger charge is 2.41. The van der Waals surface area contributed by atoms with Crippen LogP contribution in [0.5, 0.6) is 5.75 Å². The van der Waals surface area contributed by atoms with Crippen LogP contribution < -0.4 is 0 Å².